The van der Waals surface area contributed by atoms with Gasteiger partial charge >= 0.3 is 0 Å². The van der Waals surface area contributed by atoms with E-state index in [1.165, 1.54) is 23.5 Å². The number of hydrogen-bond acceptors (Lipinski definition) is 5. The third-order valence-corrected chi connectivity index (χ3v) is 3.50. The Bertz CT molecular complexity index is 518. The van der Waals surface area contributed by atoms with Crippen molar-refractivity contribution in [3.63, 3.8) is 0 Å². The second kappa shape index (κ2) is 7.37. The number of nitrogens with zero attached hydrogens (tertiary/aromatic N) is 1. The van der Waals surface area contributed by atoms with Crippen molar-refractivity contribution in [3.8, 4) is 0 Å². The van der Waals surface area contributed by atoms with Crippen LogP contribution in [0.4, 0.5) is 9.52 Å². The summed E-state index contributed by atoms with van der Waals surface area (Å²) in [6, 6.07) is 4.63. The number of hydrogen-bond donors (Lipinski definition) is 1. The molecule has 0 fully saturated rings. The maximum atomic E-state index is 13.0. The Labute approximate surface area is 115 Å². The predicted octanol–water partition coefficient (Wildman–Crippen LogP) is 2.90. The molecule has 0 saturated carbocycles. The van der Waals surface area contributed by atoms with Crippen LogP contribution in [0.15, 0.2) is 18.2 Å². The molecule has 0 aliphatic carbocycles. The van der Waals surface area contributed by atoms with E-state index in [1.54, 1.807) is 13.2 Å². The van der Waals surface area contributed by atoms with Crippen molar-refractivity contribution in [2.24, 2.45) is 0 Å². The molecule has 1 aromatic heterocycles. The Kier molecular flexibility index (Phi) is 5.50. The van der Waals surface area contributed by atoms with Gasteiger partial charge in [0.2, 0.25) is 0 Å². The van der Waals surface area contributed by atoms with Gasteiger partial charge in [-0.25, -0.2) is 9.37 Å². The minimum Gasteiger partial charge on any atom is -0.382 e. The van der Waals surface area contributed by atoms with Crippen LogP contribution in [-0.2, 0) is 9.47 Å². The summed E-state index contributed by atoms with van der Waals surface area (Å²) < 4.78 is 24.1. The van der Waals surface area contributed by atoms with Gasteiger partial charge in [0, 0.05) is 20.3 Å². The summed E-state index contributed by atoms with van der Waals surface area (Å²) in [5.41, 5.74) is 0.824. The molecule has 0 atom stereocenters. The molecule has 0 bridgehead atoms. The summed E-state index contributed by atoms with van der Waals surface area (Å²) in [5, 5.41) is 4.04. The minimum absolute atomic E-state index is 0.228. The number of methoxy groups -OCH3 is 1. The molecule has 0 saturated heterocycles. The number of halogens is 1. The average molecular weight is 284 g/mol. The highest BCUT2D eigenvalue weighted by atomic mass is 32.1. The second-order valence-corrected chi connectivity index (χ2v) is 5.05. The lowest BCUT2D eigenvalue weighted by Gasteiger charge is -2.04. The summed E-state index contributed by atoms with van der Waals surface area (Å²) in [6.45, 7) is 2.72. The van der Waals surface area contributed by atoms with Gasteiger partial charge in [-0.2, -0.15) is 0 Å². The molecule has 0 amide bonds. The van der Waals surface area contributed by atoms with Gasteiger partial charge in [-0.15, -0.1) is 0 Å². The van der Waals surface area contributed by atoms with Crippen LogP contribution in [0.3, 0.4) is 0 Å². The molecule has 0 unspecified atom stereocenters. The normalized spacial score (nSPS) is 11.1. The highest BCUT2D eigenvalue weighted by Gasteiger charge is 2.03. The number of fused-ring (bicyclic) bond motifs is 1. The molecule has 0 aliphatic rings. The molecule has 6 heteroatoms. The Morgan fingerprint density at radius 1 is 1.32 bits per heavy atom. The molecule has 0 aliphatic heterocycles. The van der Waals surface area contributed by atoms with Crippen LogP contribution >= 0.6 is 11.3 Å². The van der Waals surface area contributed by atoms with Crippen LogP contribution in [0, 0.1) is 5.82 Å². The van der Waals surface area contributed by atoms with Crippen molar-refractivity contribution in [2.45, 2.75) is 6.42 Å². The number of aromatic nitrogens is 1. The zero-order valence-electron chi connectivity index (χ0n) is 10.8. The van der Waals surface area contributed by atoms with Gasteiger partial charge in [0.05, 0.1) is 23.4 Å². The maximum absolute atomic E-state index is 13.0. The van der Waals surface area contributed by atoms with E-state index >= 15 is 0 Å². The molecular formula is C13H17FN2O2S. The molecule has 2 aromatic rings. The van der Waals surface area contributed by atoms with Crippen LogP contribution in [-0.4, -0.2) is 38.5 Å². The minimum atomic E-state index is -0.228. The fourth-order valence-electron chi connectivity index (χ4n) is 1.59. The summed E-state index contributed by atoms with van der Waals surface area (Å²) in [6.07, 6.45) is 0.897. The highest BCUT2D eigenvalue weighted by molar-refractivity contribution is 7.22. The molecule has 104 valence electrons. The van der Waals surface area contributed by atoms with Gasteiger partial charge < -0.3 is 14.8 Å². The van der Waals surface area contributed by atoms with Gasteiger partial charge in [-0.1, -0.05) is 11.3 Å². The average Bonchev–Trinajstić information content (AvgIpc) is 2.79. The van der Waals surface area contributed by atoms with Gasteiger partial charge in [0.25, 0.3) is 0 Å². The number of nitrogens with one attached hydrogen (secondary N) is 1. The number of rotatable bonds is 8. The Balaban J connectivity index is 1.72. The Morgan fingerprint density at radius 3 is 3.05 bits per heavy atom. The van der Waals surface area contributed by atoms with E-state index in [-0.39, 0.29) is 5.82 Å². The monoisotopic (exact) mass is 284 g/mol. The SMILES string of the molecule is COCCOCCCNc1nc2ccc(F)cc2s1. The lowest BCUT2D eigenvalue weighted by Crippen LogP contribution is -2.08. The maximum Gasteiger partial charge on any atom is 0.183 e. The van der Waals surface area contributed by atoms with E-state index in [0.29, 0.717) is 19.8 Å². The number of ether oxygens (including phenoxy) is 2. The van der Waals surface area contributed by atoms with E-state index in [1.807, 2.05) is 0 Å². The fourth-order valence-corrected chi connectivity index (χ4v) is 2.50. The van der Waals surface area contributed by atoms with Crippen molar-refractivity contribution >= 4 is 26.7 Å². The van der Waals surface area contributed by atoms with Gasteiger partial charge in [-0.05, 0) is 24.6 Å². The third-order valence-electron chi connectivity index (χ3n) is 2.52. The van der Waals surface area contributed by atoms with E-state index < -0.39 is 0 Å². The van der Waals surface area contributed by atoms with Crippen LogP contribution in [0.5, 0.6) is 0 Å². The molecular weight excluding hydrogens is 267 g/mol. The van der Waals surface area contributed by atoms with E-state index in [4.69, 9.17) is 9.47 Å². The first kappa shape index (κ1) is 14.2. The van der Waals surface area contributed by atoms with Gasteiger partial charge in [-0.3, -0.25) is 0 Å². The van der Waals surface area contributed by atoms with Crippen LogP contribution in [0.25, 0.3) is 10.2 Å². The quantitative estimate of drug-likeness (QED) is 0.757. The standard InChI is InChI=1S/C13H17FN2O2S/c1-17-7-8-18-6-2-5-15-13-16-11-4-3-10(14)9-12(11)19-13/h3-4,9H,2,5-8H2,1H3,(H,15,16). The van der Waals surface area contributed by atoms with E-state index in [9.17, 15) is 4.39 Å². The van der Waals surface area contributed by atoms with Crippen LogP contribution < -0.4 is 5.32 Å². The first-order valence-electron chi connectivity index (χ1n) is 6.16. The first-order valence-corrected chi connectivity index (χ1v) is 6.98. The summed E-state index contributed by atoms with van der Waals surface area (Å²) in [5.74, 6) is -0.228. The topological polar surface area (TPSA) is 43.4 Å². The van der Waals surface area contributed by atoms with Crippen molar-refractivity contribution in [2.75, 3.05) is 38.8 Å². The second-order valence-electron chi connectivity index (χ2n) is 4.02. The molecule has 1 N–H and O–H groups in total. The Hall–Kier alpha value is -1.24. The zero-order valence-corrected chi connectivity index (χ0v) is 11.6. The largest absolute Gasteiger partial charge is 0.382 e. The third kappa shape index (κ3) is 4.41. The summed E-state index contributed by atoms with van der Waals surface area (Å²) in [4.78, 5) is 4.38. The van der Waals surface area contributed by atoms with Crippen LogP contribution in [0.1, 0.15) is 6.42 Å². The molecule has 0 spiro atoms. The van der Waals surface area contributed by atoms with E-state index in [2.05, 4.69) is 10.3 Å². The smallest absolute Gasteiger partial charge is 0.183 e. The number of thiazole rings is 1. The van der Waals surface area contributed by atoms with Crippen molar-refractivity contribution in [3.05, 3.63) is 24.0 Å². The molecule has 4 nitrogen and oxygen atoms in total. The van der Waals surface area contributed by atoms with Crippen molar-refractivity contribution in [1.29, 1.82) is 0 Å². The lowest BCUT2D eigenvalue weighted by atomic mass is 10.3. The molecule has 1 heterocycles. The highest BCUT2D eigenvalue weighted by Crippen LogP contribution is 2.26. The van der Waals surface area contributed by atoms with Crippen molar-refractivity contribution < 1.29 is 13.9 Å². The predicted molar refractivity (Wildman–Crippen MR) is 75.4 cm³/mol. The molecule has 0 radical (unpaired) electrons. The summed E-state index contributed by atoms with van der Waals surface area (Å²) >= 11 is 1.46. The number of anilines is 1. The molecule has 2 rings (SSSR count). The van der Waals surface area contributed by atoms with Gasteiger partial charge in [0.1, 0.15) is 5.82 Å². The van der Waals surface area contributed by atoms with Gasteiger partial charge in [0.15, 0.2) is 5.13 Å². The zero-order chi connectivity index (χ0) is 13.5. The van der Waals surface area contributed by atoms with E-state index in [0.717, 1.165) is 28.3 Å². The first-order chi connectivity index (χ1) is 9.29. The fraction of sp³-hybridized carbons (Fsp3) is 0.462. The molecule has 1 aromatic carbocycles. The Morgan fingerprint density at radius 2 is 2.21 bits per heavy atom. The summed E-state index contributed by atoms with van der Waals surface area (Å²) in [7, 11) is 1.65. The lowest BCUT2D eigenvalue weighted by molar-refractivity contribution is 0.0705. The van der Waals surface area contributed by atoms with Crippen molar-refractivity contribution in [1.82, 2.24) is 4.98 Å². The number of benzene rings is 1. The molecule has 19 heavy (non-hydrogen) atoms. The van der Waals surface area contributed by atoms with Crippen LogP contribution in [0.2, 0.25) is 0 Å².